The van der Waals surface area contributed by atoms with Crippen LogP contribution in [-0.4, -0.2) is 36.0 Å². The normalized spacial score (nSPS) is 13.0. The Labute approximate surface area is 169 Å². The van der Waals surface area contributed by atoms with Gasteiger partial charge in [-0.25, -0.2) is 4.79 Å². The molecule has 3 amide bonds. The van der Waals surface area contributed by atoms with Crippen LogP contribution in [0.2, 0.25) is 0 Å². The van der Waals surface area contributed by atoms with Crippen LogP contribution in [0.4, 0.5) is 4.79 Å². The van der Waals surface area contributed by atoms with Gasteiger partial charge in [0.1, 0.15) is 5.25 Å². The minimum Gasteiger partial charge on any atom is -0.454 e. The quantitative estimate of drug-likeness (QED) is 0.615. The zero-order valence-electron chi connectivity index (χ0n) is 15.2. The molecule has 1 atom stereocenters. The van der Waals surface area contributed by atoms with E-state index in [0.717, 1.165) is 11.8 Å². The summed E-state index contributed by atoms with van der Waals surface area (Å²) >= 11 is 1.06. The van der Waals surface area contributed by atoms with E-state index in [1.165, 1.54) is 7.05 Å². The molecule has 1 aromatic heterocycles. The second kappa shape index (κ2) is 8.23. The second-order valence-electron chi connectivity index (χ2n) is 5.92. The van der Waals surface area contributed by atoms with E-state index in [4.69, 9.17) is 13.9 Å². The number of carbonyl (C=O) groups excluding carboxylic acids is 2. The number of fused-ring (bicyclic) bond motifs is 1. The predicted molar refractivity (Wildman–Crippen MR) is 103 cm³/mol. The Balaban J connectivity index is 1.56. The number of rotatable bonds is 5. The van der Waals surface area contributed by atoms with Crippen LogP contribution >= 0.6 is 11.8 Å². The van der Waals surface area contributed by atoms with Crippen LogP contribution in [0.25, 0.3) is 11.5 Å². The van der Waals surface area contributed by atoms with Crippen LogP contribution in [-0.2, 0) is 4.79 Å². The van der Waals surface area contributed by atoms with Crippen molar-refractivity contribution in [3.05, 3.63) is 54.1 Å². The maximum absolute atomic E-state index is 12.6. The van der Waals surface area contributed by atoms with Gasteiger partial charge in [-0.15, -0.1) is 10.2 Å². The van der Waals surface area contributed by atoms with Gasteiger partial charge < -0.3 is 19.2 Å². The highest BCUT2D eigenvalue weighted by molar-refractivity contribution is 8.00. The maximum Gasteiger partial charge on any atom is 0.321 e. The Morgan fingerprint density at radius 3 is 2.66 bits per heavy atom. The van der Waals surface area contributed by atoms with E-state index >= 15 is 0 Å². The predicted octanol–water partition coefficient (Wildman–Crippen LogP) is 2.75. The number of nitrogens with one attached hydrogen (secondary N) is 2. The zero-order chi connectivity index (χ0) is 20.2. The summed E-state index contributed by atoms with van der Waals surface area (Å²) in [4.78, 5) is 24.2. The Kier molecular flexibility index (Phi) is 5.34. The number of amides is 3. The van der Waals surface area contributed by atoms with Gasteiger partial charge in [0.05, 0.1) is 0 Å². The molecule has 9 nitrogen and oxygen atoms in total. The minimum absolute atomic E-state index is 0.170. The third-order valence-electron chi connectivity index (χ3n) is 4.05. The molecule has 2 N–H and O–H groups in total. The number of ether oxygens (including phenoxy) is 2. The van der Waals surface area contributed by atoms with Crippen molar-refractivity contribution in [2.24, 2.45) is 0 Å². The number of benzene rings is 2. The first-order valence-electron chi connectivity index (χ1n) is 8.62. The first-order valence-corrected chi connectivity index (χ1v) is 9.49. The number of nitrogens with zero attached hydrogens (tertiary/aromatic N) is 2. The number of hydrogen-bond donors (Lipinski definition) is 2. The highest BCUT2D eigenvalue weighted by Crippen LogP contribution is 2.38. The fourth-order valence-corrected chi connectivity index (χ4v) is 3.52. The molecule has 0 saturated carbocycles. The summed E-state index contributed by atoms with van der Waals surface area (Å²) in [7, 11) is 1.43. The third-order valence-corrected chi connectivity index (χ3v) is 5.14. The molecule has 0 bridgehead atoms. The van der Waals surface area contributed by atoms with Crippen LogP contribution in [0.15, 0.2) is 58.2 Å². The number of hydrogen-bond acceptors (Lipinski definition) is 8. The van der Waals surface area contributed by atoms with Gasteiger partial charge in [-0.1, -0.05) is 30.3 Å². The molecule has 10 heteroatoms. The summed E-state index contributed by atoms with van der Waals surface area (Å²) in [5, 5.41) is 12.2. The van der Waals surface area contributed by atoms with Crippen LogP contribution < -0.4 is 20.1 Å². The van der Waals surface area contributed by atoms with Crippen LogP contribution in [0.1, 0.15) is 10.8 Å². The average Bonchev–Trinajstić information content (AvgIpc) is 3.41. The highest BCUT2D eigenvalue weighted by Gasteiger charge is 2.26. The van der Waals surface area contributed by atoms with Crippen LogP contribution in [0.5, 0.6) is 11.5 Å². The summed E-state index contributed by atoms with van der Waals surface area (Å²) < 4.78 is 16.4. The molecular formula is C19H16N4O5S. The third kappa shape index (κ3) is 4.16. The van der Waals surface area contributed by atoms with Gasteiger partial charge in [-0.2, -0.15) is 0 Å². The largest absolute Gasteiger partial charge is 0.454 e. The molecule has 0 spiro atoms. The molecule has 4 rings (SSSR count). The van der Waals surface area contributed by atoms with Crippen molar-refractivity contribution in [3.63, 3.8) is 0 Å². The van der Waals surface area contributed by atoms with Gasteiger partial charge in [0.25, 0.3) is 5.22 Å². The number of carbonyl (C=O) groups is 2. The van der Waals surface area contributed by atoms with Gasteiger partial charge in [0.2, 0.25) is 18.6 Å². The van der Waals surface area contributed by atoms with Crippen molar-refractivity contribution in [2.45, 2.75) is 10.5 Å². The van der Waals surface area contributed by atoms with Gasteiger partial charge in [-0.3, -0.25) is 10.1 Å². The molecule has 2 heterocycles. The molecule has 1 aliphatic rings. The van der Waals surface area contributed by atoms with Crippen molar-refractivity contribution in [1.82, 2.24) is 20.8 Å². The average molecular weight is 412 g/mol. The monoisotopic (exact) mass is 412 g/mol. The van der Waals surface area contributed by atoms with Crippen molar-refractivity contribution in [1.29, 1.82) is 0 Å². The van der Waals surface area contributed by atoms with E-state index < -0.39 is 17.2 Å². The first-order chi connectivity index (χ1) is 14.1. The number of thioether (sulfide) groups is 1. The molecule has 0 radical (unpaired) electrons. The van der Waals surface area contributed by atoms with Crippen LogP contribution in [0.3, 0.4) is 0 Å². The summed E-state index contributed by atoms with van der Waals surface area (Å²) in [6.07, 6.45) is 0. The van der Waals surface area contributed by atoms with Crippen molar-refractivity contribution < 1.29 is 23.5 Å². The van der Waals surface area contributed by atoms with Gasteiger partial charge in [0, 0.05) is 12.6 Å². The van der Waals surface area contributed by atoms with Gasteiger partial charge >= 0.3 is 6.03 Å². The lowest BCUT2D eigenvalue weighted by atomic mass is 10.1. The second-order valence-corrected chi connectivity index (χ2v) is 6.97. The standard InChI is InChI=1S/C19H16N4O5S/c1-20-18(25)21-16(24)15(11-5-3-2-4-6-11)29-19-23-22-17(28-19)12-7-8-13-14(9-12)27-10-26-13/h2-9,15H,10H2,1H3,(H2,20,21,24,25). The Morgan fingerprint density at radius 1 is 1.07 bits per heavy atom. The number of aromatic nitrogens is 2. The van der Waals surface area contributed by atoms with Crippen molar-refractivity contribution >= 4 is 23.7 Å². The fraction of sp³-hybridized carbons (Fsp3) is 0.158. The summed E-state index contributed by atoms with van der Waals surface area (Å²) in [5.41, 5.74) is 1.36. The molecular weight excluding hydrogens is 396 g/mol. The first kappa shape index (κ1) is 18.8. The molecule has 3 aromatic rings. The topological polar surface area (TPSA) is 116 Å². The molecule has 0 fully saturated rings. The van der Waals surface area contributed by atoms with Crippen LogP contribution in [0, 0.1) is 0 Å². The molecule has 2 aromatic carbocycles. The minimum atomic E-state index is -0.751. The molecule has 0 saturated heterocycles. The van der Waals surface area contributed by atoms with Gasteiger partial charge in [0.15, 0.2) is 11.5 Å². The van der Waals surface area contributed by atoms with E-state index in [9.17, 15) is 9.59 Å². The summed E-state index contributed by atoms with van der Waals surface area (Å²) in [6, 6.07) is 13.7. The lowest BCUT2D eigenvalue weighted by Crippen LogP contribution is -2.39. The molecule has 1 unspecified atom stereocenters. The molecule has 0 aliphatic carbocycles. The summed E-state index contributed by atoms with van der Waals surface area (Å²) in [6.45, 7) is 0.170. The Bertz CT molecular complexity index is 1040. The SMILES string of the molecule is CNC(=O)NC(=O)C(Sc1nnc(-c2ccc3c(c2)OCO3)o1)c1ccccc1. The summed E-state index contributed by atoms with van der Waals surface area (Å²) in [5.74, 6) is 1.03. The number of imide groups is 1. The van der Waals surface area contributed by atoms with E-state index in [1.54, 1.807) is 30.3 Å². The lowest BCUT2D eigenvalue weighted by Gasteiger charge is -2.14. The van der Waals surface area contributed by atoms with E-state index in [2.05, 4.69) is 20.8 Å². The van der Waals surface area contributed by atoms with E-state index in [-0.39, 0.29) is 17.9 Å². The molecule has 29 heavy (non-hydrogen) atoms. The van der Waals surface area contributed by atoms with Crippen molar-refractivity contribution in [3.8, 4) is 23.0 Å². The molecule has 1 aliphatic heterocycles. The fourth-order valence-electron chi connectivity index (χ4n) is 2.65. The molecule has 148 valence electrons. The smallest absolute Gasteiger partial charge is 0.321 e. The Hall–Kier alpha value is -3.53. The lowest BCUT2D eigenvalue weighted by molar-refractivity contribution is -0.119. The van der Waals surface area contributed by atoms with Crippen molar-refractivity contribution in [2.75, 3.05) is 13.8 Å². The highest BCUT2D eigenvalue weighted by atomic mass is 32.2. The van der Waals surface area contributed by atoms with E-state index in [0.29, 0.717) is 22.6 Å². The van der Waals surface area contributed by atoms with E-state index in [1.807, 2.05) is 18.2 Å². The van der Waals surface area contributed by atoms with Gasteiger partial charge in [-0.05, 0) is 35.5 Å². The zero-order valence-corrected chi connectivity index (χ0v) is 16.1. The Morgan fingerprint density at radius 2 is 1.86 bits per heavy atom. The maximum atomic E-state index is 12.6. The number of urea groups is 1.